The van der Waals surface area contributed by atoms with Crippen molar-refractivity contribution in [2.75, 3.05) is 51.2 Å². The summed E-state index contributed by atoms with van der Waals surface area (Å²) in [6, 6.07) is 4.29. The number of likely N-dealkylation sites (tertiary alicyclic amines) is 1. The Morgan fingerprint density at radius 3 is 2.65 bits per heavy atom. The monoisotopic (exact) mass is 558 g/mol. The van der Waals surface area contributed by atoms with Crippen molar-refractivity contribution >= 4 is 46.4 Å². The summed E-state index contributed by atoms with van der Waals surface area (Å²) in [5, 5.41) is 10.3. The predicted octanol–water partition coefficient (Wildman–Crippen LogP) is 3.89. The molecule has 1 unspecified atom stereocenters. The first-order valence-electron chi connectivity index (χ1n) is 11.2. The van der Waals surface area contributed by atoms with E-state index < -0.39 is 0 Å². The van der Waals surface area contributed by atoms with Crippen LogP contribution in [0.1, 0.15) is 49.6 Å². The average Bonchev–Trinajstić information content (AvgIpc) is 3.56. The first-order chi connectivity index (χ1) is 14.8. The molecule has 4 rings (SSSR count). The summed E-state index contributed by atoms with van der Waals surface area (Å²) in [6.45, 7) is 6.15. The number of anilines is 1. The summed E-state index contributed by atoms with van der Waals surface area (Å²) in [5.41, 5.74) is 1.16. The zero-order chi connectivity index (χ0) is 20.6. The first kappa shape index (κ1) is 24.3. The highest BCUT2D eigenvalue weighted by Gasteiger charge is 2.24. The third-order valence-corrected chi connectivity index (χ3v) is 6.93. The first-order valence-corrected chi connectivity index (χ1v) is 12.1. The van der Waals surface area contributed by atoms with E-state index in [1.54, 1.807) is 17.6 Å². The van der Waals surface area contributed by atoms with Crippen LogP contribution in [-0.2, 0) is 6.42 Å². The minimum absolute atomic E-state index is 0. The van der Waals surface area contributed by atoms with Crippen LogP contribution in [0.2, 0.25) is 0 Å². The molecule has 2 aliphatic heterocycles. The highest BCUT2D eigenvalue weighted by atomic mass is 127. The predicted molar refractivity (Wildman–Crippen MR) is 139 cm³/mol. The molecule has 2 aliphatic rings. The van der Waals surface area contributed by atoms with Crippen LogP contribution in [0.5, 0.6) is 0 Å². The van der Waals surface area contributed by atoms with Crippen LogP contribution in [-0.4, -0.2) is 62.2 Å². The topological polar surface area (TPSA) is 68.9 Å². The van der Waals surface area contributed by atoms with Crippen molar-refractivity contribution in [3.8, 4) is 0 Å². The van der Waals surface area contributed by atoms with E-state index >= 15 is 0 Å². The summed E-state index contributed by atoms with van der Waals surface area (Å²) >= 11 is 1.77. The molecule has 9 heteroatoms. The number of aromatic nitrogens is 1. The normalized spacial score (nSPS) is 18.6. The Balaban J connectivity index is 0.00000272. The lowest BCUT2D eigenvalue weighted by molar-refractivity contribution is 0.146. The fourth-order valence-electron chi connectivity index (χ4n) is 4.31. The maximum Gasteiger partial charge on any atom is 0.191 e. The molecule has 0 radical (unpaired) electrons. The fourth-order valence-corrected chi connectivity index (χ4v) is 5.22. The van der Waals surface area contributed by atoms with Crippen molar-refractivity contribution in [3.63, 3.8) is 0 Å². The van der Waals surface area contributed by atoms with Crippen molar-refractivity contribution < 1.29 is 4.42 Å². The lowest BCUT2D eigenvalue weighted by Crippen LogP contribution is -2.44. The molecule has 2 N–H and O–H groups in total. The fraction of sp³-hybridized carbons (Fsp3) is 0.636. The lowest BCUT2D eigenvalue weighted by Gasteiger charge is -2.33. The van der Waals surface area contributed by atoms with E-state index in [1.165, 1.54) is 37.2 Å². The smallest absolute Gasteiger partial charge is 0.191 e. The zero-order valence-electron chi connectivity index (χ0n) is 18.4. The summed E-state index contributed by atoms with van der Waals surface area (Å²) in [7, 11) is 1.83. The summed E-state index contributed by atoms with van der Waals surface area (Å²) < 4.78 is 5.75. The van der Waals surface area contributed by atoms with Crippen LogP contribution in [0.15, 0.2) is 33.2 Å². The van der Waals surface area contributed by atoms with Gasteiger partial charge in [-0.15, -0.1) is 35.3 Å². The number of nitrogens with zero attached hydrogens (tertiary/aromatic N) is 4. The van der Waals surface area contributed by atoms with Crippen molar-refractivity contribution in [3.05, 3.63) is 35.2 Å². The van der Waals surface area contributed by atoms with E-state index in [9.17, 15) is 0 Å². The molecular weight excluding hydrogens is 523 g/mol. The molecule has 2 fully saturated rings. The van der Waals surface area contributed by atoms with Gasteiger partial charge in [0, 0.05) is 45.0 Å². The molecule has 0 amide bonds. The second-order valence-corrected chi connectivity index (χ2v) is 8.91. The van der Waals surface area contributed by atoms with Crippen LogP contribution in [0, 0.1) is 0 Å². The third-order valence-electron chi connectivity index (χ3n) is 5.98. The number of rotatable bonds is 8. The number of hydrogen-bond donors (Lipinski definition) is 2. The SMILES string of the molecule is CN=C(NCCc1csc(N2CCCC2)n1)NCC(c1ccco1)N1CCCCC1.I. The minimum atomic E-state index is 0. The summed E-state index contributed by atoms with van der Waals surface area (Å²) in [5.74, 6) is 1.86. The van der Waals surface area contributed by atoms with E-state index in [4.69, 9.17) is 9.40 Å². The molecule has 31 heavy (non-hydrogen) atoms. The van der Waals surface area contributed by atoms with Gasteiger partial charge in [-0.1, -0.05) is 6.42 Å². The Kier molecular flexibility index (Phi) is 9.92. The number of halogens is 1. The Morgan fingerprint density at radius 2 is 1.94 bits per heavy atom. The van der Waals surface area contributed by atoms with Crippen molar-refractivity contribution in [2.45, 2.75) is 44.6 Å². The van der Waals surface area contributed by atoms with Gasteiger partial charge in [0.05, 0.1) is 18.0 Å². The van der Waals surface area contributed by atoms with Crippen molar-refractivity contribution in [2.24, 2.45) is 4.99 Å². The highest BCUT2D eigenvalue weighted by molar-refractivity contribution is 14.0. The quantitative estimate of drug-likeness (QED) is 0.291. The van der Waals surface area contributed by atoms with Gasteiger partial charge < -0.3 is 20.0 Å². The van der Waals surface area contributed by atoms with Gasteiger partial charge in [-0.25, -0.2) is 4.98 Å². The number of aliphatic imine (C=N–C) groups is 1. The molecular formula is C22H35IN6OS. The minimum Gasteiger partial charge on any atom is -0.468 e. The maximum atomic E-state index is 5.75. The van der Waals surface area contributed by atoms with E-state index in [0.717, 1.165) is 63.1 Å². The molecule has 0 spiro atoms. The van der Waals surface area contributed by atoms with Crippen molar-refractivity contribution in [1.29, 1.82) is 0 Å². The molecule has 2 aromatic heterocycles. The molecule has 0 aromatic carbocycles. The molecule has 172 valence electrons. The van der Waals surface area contributed by atoms with E-state index in [0.29, 0.717) is 0 Å². The average molecular weight is 559 g/mol. The van der Waals surface area contributed by atoms with Gasteiger partial charge in [-0.05, 0) is 50.9 Å². The van der Waals surface area contributed by atoms with E-state index in [2.05, 4.69) is 36.9 Å². The second-order valence-electron chi connectivity index (χ2n) is 8.07. The van der Waals surface area contributed by atoms with Gasteiger partial charge in [-0.3, -0.25) is 9.89 Å². The molecule has 1 atom stereocenters. The number of hydrogen-bond acceptors (Lipinski definition) is 6. The highest BCUT2D eigenvalue weighted by Crippen LogP contribution is 2.25. The van der Waals surface area contributed by atoms with E-state index in [-0.39, 0.29) is 30.0 Å². The van der Waals surface area contributed by atoms with Gasteiger partial charge in [0.1, 0.15) is 5.76 Å². The standard InChI is InChI=1S/C22H34N6OS.HI/c1-23-21(24-10-9-18-17-30-22(26-18)28-13-5-6-14-28)25-16-19(20-8-7-15-29-20)27-11-3-2-4-12-27;/h7-8,15,17,19H,2-6,9-14,16H2,1H3,(H2,23,24,25);1H. The van der Waals surface area contributed by atoms with E-state index in [1.807, 2.05) is 13.1 Å². The molecule has 0 saturated carbocycles. The molecule has 0 aliphatic carbocycles. The summed E-state index contributed by atoms with van der Waals surface area (Å²) in [6.07, 6.45) is 9.09. The maximum absolute atomic E-state index is 5.75. The van der Waals surface area contributed by atoms with Crippen LogP contribution < -0.4 is 15.5 Å². The van der Waals surface area contributed by atoms with Crippen molar-refractivity contribution in [1.82, 2.24) is 20.5 Å². The zero-order valence-corrected chi connectivity index (χ0v) is 21.5. The second kappa shape index (κ2) is 12.6. The Labute approximate surface area is 206 Å². The number of piperidine rings is 1. The molecule has 2 aromatic rings. The van der Waals surface area contributed by atoms with Crippen LogP contribution in [0.4, 0.5) is 5.13 Å². The largest absolute Gasteiger partial charge is 0.468 e. The van der Waals surface area contributed by atoms with Crippen LogP contribution in [0.25, 0.3) is 0 Å². The van der Waals surface area contributed by atoms with Crippen LogP contribution >= 0.6 is 35.3 Å². The Bertz CT molecular complexity index is 784. The Hall–Kier alpha value is -1.33. The van der Waals surface area contributed by atoms with Gasteiger partial charge in [0.2, 0.25) is 0 Å². The molecule has 4 heterocycles. The Morgan fingerprint density at radius 1 is 1.16 bits per heavy atom. The van der Waals surface area contributed by atoms with Gasteiger partial charge in [0.25, 0.3) is 0 Å². The molecule has 2 saturated heterocycles. The molecule has 7 nitrogen and oxygen atoms in total. The lowest BCUT2D eigenvalue weighted by atomic mass is 10.1. The molecule has 0 bridgehead atoms. The van der Waals surface area contributed by atoms with Crippen LogP contribution in [0.3, 0.4) is 0 Å². The van der Waals surface area contributed by atoms with Gasteiger partial charge in [0.15, 0.2) is 11.1 Å². The number of furan rings is 1. The number of guanidine groups is 1. The third kappa shape index (κ3) is 6.82. The number of nitrogens with one attached hydrogen (secondary N) is 2. The summed E-state index contributed by atoms with van der Waals surface area (Å²) in [4.78, 5) is 14.1. The van der Waals surface area contributed by atoms with Gasteiger partial charge in [-0.2, -0.15) is 0 Å². The van der Waals surface area contributed by atoms with Gasteiger partial charge >= 0.3 is 0 Å². The number of thiazole rings is 1.